The van der Waals surface area contributed by atoms with Crippen LogP contribution in [0.25, 0.3) is 5.69 Å². The molecule has 0 bridgehead atoms. The van der Waals surface area contributed by atoms with E-state index < -0.39 is 11.9 Å². The van der Waals surface area contributed by atoms with Gasteiger partial charge in [0, 0.05) is 26.3 Å². The van der Waals surface area contributed by atoms with Gasteiger partial charge in [-0.05, 0) is 31.4 Å². The van der Waals surface area contributed by atoms with Gasteiger partial charge in [0.1, 0.15) is 0 Å². The Morgan fingerprint density at radius 3 is 2.75 bits per heavy atom. The first kappa shape index (κ1) is 19.6. The van der Waals surface area contributed by atoms with Gasteiger partial charge in [0.25, 0.3) is 5.91 Å². The van der Waals surface area contributed by atoms with Crippen molar-refractivity contribution in [2.75, 3.05) is 26.7 Å². The van der Waals surface area contributed by atoms with Crippen LogP contribution in [-0.4, -0.2) is 69.2 Å². The summed E-state index contributed by atoms with van der Waals surface area (Å²) in [6.45, 7) is 2.59. The second kappa shape index (κ2) is 8.24. The van der Waals surface area contributed by atoms with E-state index in [4.69, 9.17) is 5.11 Å². The van der Waals surface area contributed by atoms with Crippen molar-refractivity contribution >= 4 is 17.8 Å². The molecule has 0 spiro atoms. The summed E-state index contributed by atoms with van der Waals surface area (Å²) in [5.74, 6) is -1.97. The number of rotatable bonds is 5. The molecule has 1 aliphatic rings. The summed E-state index contributed by atoms with van der Waals surface area (Å²) in [4.78, 5) is 39.2. The first-order chi connectivity index (χ1) is 13.4. The van der Waals surface area contributed by atoms with E-state index in [9.17, 15) is 14.4 Å². The molecule has 8 heteroatoms. The van der Waals surface area contributed by atoms with Crippen molar-refractivity contribution in [3.8, 4) is 5.69 Å². The van der Waals surface area contributed by atoms with Gasteiger partial charge in [-0.3, -0.25) is 14.4 Å². The monoisotopic (exact) mass is 384 g/mol. The number of carboxylic acid groups (broad SMARTS) is 1. The quantitative estimate of drug-likeness (QED) is 0.844. The van der Waals surface area contributed by atoms with Gasteiger partial charge in [0.15, 0.2) is 0 Å². The Labute approximate surface area is 163 Å². The number of hydrogen-bond donors (Lipinski definition) is 1. The summed E-state index contributed by atoms with van der Waals surface area (Å²) in [6, 6.07) is 7.72. The van der Waals surface area contributed by atoms with E-state index in [0.29, 0.717) is 24.9 Å². The van der Waals surface area contributed by atoms with E-state index in [1.807, 2.05) is 31.2 Å². The molecular formula is C20H24N4O4. The molecule has 1 N–H and O–H groups in total. The van der Waals surface area contributed by atoms with Crippen molar-refractivity contribution in [3.63, 3.8) is 0 Å². The fourth-order valence-corrected chi connectivity index (χ4v) is 3.39. The number of para-hydroxylation sites is 1. The zero-order chi connectivity index (χ0) is 20.3. The summed E-state index contributed by atoms with van der Waals surface area (Å²) >= 11 is 0. The molecule has 0 aliphatic carbocycles. The highest BCUT2D eigenvalue weighted by Crippen LogP contribution is 2.17. The highest BCUT2D eigenvalue weighted by Gasteiger charge is 2.29. The fourth-order valence-electron chi connectivity index (χ4n) is 3.39. The van der Waals surface area contributed by atoms with Gasteiger partial charge in [-0.15, -0.1) is 0 Å². The van der Waals surface area contributed by atoms with Gasteiger partial charge in [0.05, 0.1) is 29.9 Å². The molecule has 1 fully saturated rings. The zero-order valence-electron chi connectivity index (χ0n) is 16.0. The molecule has 1 atom stereocenters. The first-order valence-electron chi connectivity index (χ1n) is 9.23. The number of benzene rings is 1. The largest absolute Gasteiger partial charge is 0.481 e. The predicted octanol–water partition coefficient (Wildman–Crippen LogP) is 1.58. The number of aliphatic carboxylic acids is 1. The molecule has 1 aromatic heterocycles. The molecule has 1 aliphatic heterocycles. The molecule has 1 aromatic carbocycles. The van der Waals surface area contributed by atoms with Crippen LogP contribution in [0.1, 0.15) is 28.8 Å². The van der Waals surface area contributed by atoms with Crippen LogP contribution < -0.4 is 0 Å². The number of carboxylic acids is 1. The number of piperidine rings is 1. The van der Waals surface area contributed by atoms with Crippen LogP contribution in [0.2, 0.25) is 0 Å². The lowest BCUT2D eigenvalue weighted by Gasteiger charge is -2.32. The SMILES string of the molecule is Cc1ccccc1-n1cc(C(=O)N(C)CC(=O)N2CCCC(C(=O)O)C2)cn1. The standard InChI is InChI=1S/C20H24N4O4/c1-14-6-3-4-8-17(14)24-12-16(10-21-24)19(26)22(2)13-18(25)23-9-5-7-15(11-23)20(27)28/h3-4,6,8,10,12,15H,5,7,9,11,13H2,1-2H3,(H,27,28). The van der Waals surface area contributed by atoms with E-state index in [1.165, 1.54) is 16.0 Å². The summed E-state index contributed by atoms with van der Waals surface area (Å²) in [5.41, 5.74) is 2.31. The van der Waals surface area contributed by atoms with E-state index in [-0.39, 0.29) is 24.9 Å². The molecule has 0 saturated carbocycles. The van der Waals surface area contributed by atoms with Crippen LogP contribution >= 0.6 is 0 Å². The average molecular weight is 384 g/mol. The minimum Gasteiger partial charge on any atom is -0.481 e. The van der Waals surface area contributed by atoms with E-state index in [1.54, 1.807) is 17.9 Å². The summed E-state index contributed by atoms with van der Waals surface area (Å²) in [5, 5.41) is 13.4. The maximum Gasteiger partial charge on any atom is 0.308 e. The molecule has 3 rings (SSSR count). The molecule has 28 heavy (non-hydrogen) atoms. The van der Waals surface area contributed by atoms with Gasteiger partial charge < -0.3 is 14.9 Å². The van der Waals surface area contributed by atoms with Crippen LogP contribution in [-0.2, 0) is 9.59 Å². The van der Waals surface area contributed by atoms with Crippen molar-refractivity contribution in [2.24, 2.45) is 5.92 Å². The molecule has 0 radical (unpaired) electrons. The minimum absolute atomic E-state index is 0.0965. The molecule has 2 amide bonds. The highest BCUT2D eigenvalue weighted by molar-refractivity contribution is 5.96. The lowest BCUT2D eigenvalue weighted by molar-refractivity contribution is -0.145. The van der Waals surface area contributed by atoms with Crippen LogP contribution in [0.3, 0.4) is 0 Å². The Balaban J connectivity index is 1.64. The Morgan fingerprint density at radius 1 is 1.29 bits per heavy atom. The molecule has 1 saturated heterocycles. The smallest absolute Gasteiger partial charge is 0.308 e. The lowest BCUT2D eigenvalue weighted by Crippen LogP contribution is -2.46. The number of aromatic nitrogens is 2. The van der Waals surface area contributed by atoms with E-state index in [2.05, 4.69) is 5.10 Å². The Morgan fingerprint density at radius 2 is 2.04 bits per heavy atom. The Bertz CT molecular complexity index is 892. The second-order valence-electron chi connectivity index (χ2n) is 7.14. The van der Waals surface area contributed by atoms with Crippen LogP contribution in [0, 0.1) is 12.8 Å². The van der Waals surface area contributed by atoms with Crippen molar-refractivity contribution in [2.45, 2.75) is 19.8 Å². The third kappa shape index (κ3) is 4.21. The molecule has 2 heterocycles. The molecule has 8 nitrogen and oxygen atoms in total. The molecule has 2 aromatic rings. The zero-order valence-corrected chi connectivity index (χ0v) is 16.0. The lowest BCUT2D eigenvalue weighted by atomic mass is 9.98. The third-order valence-electron chi connectivity index (χ3n) is 5.03. The van der Waals surface area contributed by atoms with Crippen molar-refractivity contribution in [3.05, 3.63) is 47.8 Å². The maximum absolute atomic E-state index is 12.7. The predicted molar refractivity (Wildman–Crippen MR) is 102 cm³/mol. The third-order valence-corrected chi connectivity index (χ3v) is 5.03. The average Bonchev–Trinajstić information content (AvgIpc) is 3.17. The molecule has 148 valence electrons. The maximum atomic E-state index is 12.7. The fraction of sp³-hybridized carbons (Fsp3) is 0.400. The molecule has 1 unspecified atom stereocenters. The van der Waals surface area contributed by atoms with E-state index in [0.717, 1.165) is 11.3 Å². The number of nitrogens with zero attached hydrogens (tertiary/aromatic N) is 4. The highest BCUT2D eigenvalue weighted by atomic mass is 16.4. The van der Waals surface area contributed by atoms with E-state index >= 15 is 0 Å². The number of carbonyl (C=O) groups excluding carboxylic acids is 2. The molecular weight excluding hydrogens is 360 g/mol. The van der Waals surface area contributed by atoms with Crippen molar-refractivity contribution in [1.29, 1.82) is 0 Å². The normalized spacial score (nSPS) is 16.6. The summed E-state index contributed by atoms with van der Waals surface area (Å²) < 4.78 is 1.64. The Kier molecular flexibility index (Phi) is 5.77. The number of aryl methyl sites for hydroxylation is 1. The minimum atomic E-state index is -0.884. The number of likely N-dealkylation sites (tertiary alicyclic amines) is 1. The number of hydrogen-bond acceptors (Lipinski definition) is 4. The van der Waals surface area contributed by atoms with Crippen LogP contribution in [0.4, 0.5) is 0 Å². The second-order valence-corrected chi connectivity index (χ2v) is 7.14. The number of carbonyl (C=O) groups is 3. The number of amides is 2. The number of likely N-dealkylation sites (N-methyl/N-ethyl adjacent to an activating group) is 1. The topological polar surface area (TPSA) is 95.7 Å². The first-order valence-corrected chi connectivity index (χ1v) is 9.23. The van der Waals surface area contributed by atoms with Gasteiger partial charge in [-0.25, -0.2) is 4.68 Å². The van der Waals surface area contributed by atoms with Crippen LogP contribution in [0.5, 0.6) is 0 Å². The van der Waals surface area contributed by atoms with Gasteiger partial charge in [0.2, 0.25) is 5.91 Å². The van der Waals surface area contributed by atoms with Gasteiger partial charge in [-0.2, -0.15) is 5.10 Å². The Hall–Kier alpha value is -3.16. The summed E-state index contributed by atoms with van der Waals surface area (Å²) in [6.07, 6.45) is 4.36. The van der Waals surface area contributed by atoms with Crippen molar-refractivity contribution < 1.29 is 19.5 Å². The van der Waals surface area contributed by atoms with Gasteiger partial charge in [-0.1, -0.05) is 18.2 Å². The van der Waals surface area contributed by atoms with Gasteiger partial charge >= 0.3 is 5.97 Å². The van der Waals surface area contributed by atoms with Crippen LogP contribution in [0.15, 0.2) is 36.7 Å². The van der Waals surface area contributed by atoms with Crippen molar-refractivity contribution in [1.82, 2.24) is 19.6 Å². The summed E-state index contributed by atoms with van der Waals surface area (Å²) in [7, 11) is 1.56.